The van der Waals surface area contributed by atoms with Gasteiger partial charge in [-0.3, -0.25) is 0 Å². The van der Waals surface area contributed by atoms with Crippen molar-refractivity contribution in [2.75, 3.05) is 17.7 Å². The molecule has 0 atom stereocenters. The number of aromatic nitrogens is 1. The minimum atomic E-state index is 0.563. The number of nitrogen functional groups attached to an aromatic ring is 1. The van der Waals surface area contributed by atoms with E-state index in [9.17, 15) is 0 Å². The second kappa shape index (κ2) is 4.86. The summed E-state index contributed by atoms with van der Waals surface area (Å²) in [5.74, 6) is 0.879. The maximum absolute atomic E-state index is 6.27. The predicted molar refractivity (Wildman–Crippen MR) is 77.6 cm³/mol. The third-order valence-corrected chi connectivity index (χ3v) is 3.30. The van der Waals surface area contributed by atoms with E-state index < -0.39 is 0 Å². The summed E-state index contributed by atoms with van der Waals surface area (Å²) in [4.78, 5) is 6.34. The van der Waals surface area contributed by atoms with Crippen molar-refractivity contribution in [1.29, 1.82) is 0 Å². The highest BCUT2D eigenvalue weighted by Gasteiger charge is 2.13. The Morgan fingerprint density at radius 3 is 2.67 bits per heavy atom. The van der Waals surface area contributed by atoms with E-state index in [0.29, 0.717) is 10.7 Å². The quantitative estimate of drug-likeness (QED) is 0.838. The van der Waals surface area contributed by atoms with Crippen LogP contribution in [-0.4, -0.2) is 12.0 Å². The molecule has 2 rings (SSSR count). The Morgan fingerprint density at radius 2 is 2.00 bits per heavy atom. The normalized spacial score (nSPS) is 10.4. The summed E-state index contributed by atoms with van der Waals surface area (Å²) >= 11 is 6.27. The van der Waals surface area contributed by atoms with Gasteiger partial charge < -0.3 is 10.6 Å². The zero-order chi connectivity index (χ0) is 13.3. The van der Waals surface area contributed by atoms with E-state index in [-0.39, 0.29) is 0 Å². The van der Waals surface area contributed by atoms with Crippen molar-refractivity contribution in [2.45, 2.75) is 13.8 Å². The molecule has 1 aromatic heterocycles. The first-order valence-electron chi connectivity index (χ1n) is 5.71. The van der Waals surface area contributed by atoms with Crippen LogP contribution in [0.2, 0.25) is 5.02 Å². The van der Waals surface area contributed by atoms with Crippen LogP contribution in [0.1, 0.15) is 11.1 Å². The van der Waals surface area contributed by atoms with Crippen molar-refractivity contribution in [3.8, 4) is 0 Å². The molecule has 0 aliphatic rings. The van der Waals surface area contributed by atoms with Crippen molar-refractivity contribution in [3.63, 3.8) is 0 Å². The van der Waals surface area contributed by atoms with Crippen molar-refractivity contribution in [3.05, 3.63) is 46.6 Å². The topological polar surface area (TPSA) is 42.1 Å². The number of nitrogens with zero attached hydrogens (tertiary/aromatic N) is 2. The second-order valence-corrected chi connectivity index (χ2v) is 4.77. The van der Waals surface area contributed by atoms with E-state index in [2.05, 4.69) is 4.98 Å². The minimum absolute atomic E-state index is 0.563. The zero-order valence-corrected chi connectivity index (χ0v) is 11.5. The largest absolute Gasteiger partial charge is 0.397 e. The molecule has 1 heterocycles. The highest BCUT2D eigenvalue weighted by molar-refractivity contribution is 6.36. The average molecular weight is 262 g/mol. The fourth-order valence-electron chi connectivity index (χ4n) is 1.96. The Labute approximate surface area is 112 Å². The van der Waals surface area contributed by atoms with E-state index in [1.54, 1.807) is 6.20 Å². The van der Waals surface area contributed by atoms with Crippen LogP contribution in [0, 0.1) is 13.8 Å². The lowest BCUT2D eigenvalue weighted by Gasteiger charge is -2.22. The van der Waals surface area contributed by atoms with Gasteiger partial charge in [-0.25, -0.2) is 4.98 Å². The molecule has 94 valence electrons. The van der Waals surface area contributed by atoms with Gasteiger partial charge in [0, 0.05) is 13.2 Å². The van der Waals surface area contributed by atoms with E-state index in [0.717, 1.165) is 22.6 Å². The summed E-state index contributed by atoms with van der Waals surface area (Å²) < 4.78 is 0. The maximum Gasteiger partial charge on any atom is 0.135 e. The molecule has 2 N–H and O–H groups in total. The summed E-state index contributed by atoms with van der Waals surface area (Å²) in [6, 6.07) is 7.81. The summed E-state index contributed by atoms with van der Waals surface area (Å²) in [7, 11) is 1.94. The smallest absolute Gasteiger partial charge is 0.135 e. The lowest BCUT2D eigenvalue weighted by atomic mass is 10.1. The average Bonchev–Trinajstić information content (AvgIpc) is 2.33. The van der Waals surface area contributed by atoms with Gasteiger partial charge in [0.2, 0.25) is 0 Å². The summed E-state index contributed by atoms with van der Waals surface area (Å²) in [6.45, 7) is 4.02. The third-order valence-electron chi connectivity index (χ3n) is 2.89. The molecule has 0 fully saturated rings. The van der Waals surface area contributed by atoms with E-state index in [1.807, 2.05) is 50.1 Å². The van der Waals surface area contributed by atoms with Gasteiger partial charge in [-0.1, -0.05) is 17.7 Å². The number of anilines is 3. The molecular weight excluding hydrogens is 246 g/mol. The van der Waals surface area contributed by atoms with Crippen molar-refractivity contribution in [1.82, 2.24) is 4.98 Å². The van der Waals surface area contributed by atoms with Crippen LogP contribution in [0.25, 0.3) is 0 Å². The Hall–Kier alpha value is -1.74. The van der Waals surface area contributed by atoms with Crippen LogP contribution in [0.5, 0.6) is 0 Å². The predicted octanol–water partition coefficient (Wildman–Crippen LogP) is 3.70. The van der Waals surface area contributed by atoms with Crippen molar-refractivity contribution in [2.24, 2.45) is 0 Å². The van der Waals surface area contributed by atoms with E-state index in [1.165, 1.54) is 0 Å². The zero-order valence-electron chi connectivity index (χ0n) is 10.7. The first-order chi connectivity index (χ1) is 8.50. The van der Waals surface area contributed by atoms with Crippen molar-refractivity contribution < 1.29 is 0 Å². The number of halogens is 1. The van der Waals surface area contributed by atoms with Gasteiger partial charge in [0.15, 0.2) is 0 Å². The molecule has 0 aliphatic heterocycles. The first-order valence-corrected chi connectivity index (χ1v) is 6.09. The molecule has 0 amide bonds. The van der Waals surface area contributed by atoms with Gasteiger partial charge >= 0.3 is 0 Å². The molecule has 0 aliphatic carbocycles. The minimum Gasteiger partial charge on any atom is -0.397 e. The van der Waals surface area contributed by atoms with E-state index >= 15 is 0 Å². The molecule has 0 unspecified atom stereocenters. The molecule has 2 aromatic rings. The van der Waals surface area contributed by atoms with E-state index in [4.69, 9.17) is 17.3 Å². The monoisotopic (exact) mass is 261 g/mol. The van der Waals surface area contributed by atoms with Gasteiger partial charge in [0.1, 0.15) is 5.82 Å². The Kier molecular flexibility index (Phi) is 3.43. The standard InChI is InChI=1S/C14H16ClN3/c1-9-7-11(16)13(15)12(8-9)18(3)14-10(2)5-4-6-17-14/h4-8H,16H2,1-3H3. The molecule has 18 heavy (non-hydrogen) atoms. The fourth-order valence-corrected chi connectivity index (χ4v) is 2.20. The Morgan fingerprint density at radius 1 is 1.28 bits per heavy atom. The van der Waals surface area contributed by atoms with Crippen LogP contribution < -0.4 is 10.6 Å². The second-order valence-electron chi connectivity index (χ2n) is 4.39. The molecular formula is C14H16ClN3. The molecule has 4 heteroatoms. The van der Waals surface area contributed by atoms with Crippen LogP contribution in [0.15, 0.2) is 30.5 Å². The number of benzene rings is 1. The SMILES string of the molecule is Cc1cc(N)c(Cl)c(N(C)c2ncccc2C)c1. The maximum atomic E-state index is 6.27. The van der Waals surface area contributed by atoms with Gasteiger partial charge in [-0.05, 0) is 43.2 Å². The number of nitrogens with two attached hydrogens (primary N) is 1. The number of hydrogen-bond donors (Lipinski definition) is 1. The Balaban J connectivity index is 2.53. The number of pyridine rings is 1. The van der Waals surface area contributed by atoms with Gasteiger partial charge in [0.05, 0.1) is 16.4 Å². The highest BCUT2D eigenvalue weighted by atomic mass is 35.5. The van der Waals surface area contributed by atoms with Crippen LogP contribution in [0.4, 0.5) is 17.2 Å². The molecule has 0 saturated carbocycles. The molecule has 3 nitrogen and oxygen atoms in total. The molecule has 1 aromatic carbocycles. The summed E-state index contributed by atoms with van der Waals surface area (Å²) in [5.41, 5.74) is 9.53. The summed E-state index contributed by atoms with van der Waals surface area (Å²) in [6.07, 6.45) is 1.77. The number of aryl methyl sites for hydroxylation is 2. The molecule has 0 spiro atoms. The van der Waals surface area contributed by atoms with Crippen LogP contribution >= 0.6 is 11.6 Å². The number of rotatable bonds is 2. The van der Waals surface area contributed by atoms with Gasteiger partial charge in [-0.2, -0.15) is 0 Å². The summed E-state index contributed by atoms with van der Waals surface area (Å²) in [5, 5.41) is 0.563. The van der Waals surface area contributed by atoms with Gasteiger partial charge in [0.25, 0.3) is 0 Å². The Bertz CT molecular complexity index is 581. The van der Waals surface area contributed by atoms with Gasteiger partial charge in [-0.15, -0.1) is 0 Å². The first kappa shape index (κ1) is 12.7. The highest BCUT2D eigenvalue weighted by Crippen LogP contribution is 2.35. The fraction of sp³-hybridized carbons (Fsp3) is 0.214. The van der Waals surface area contributed by atoms with Crippen LogP contribution in [0.3, 0.4) is 0 Å². The third kappa shape index (κ3) is 2.27. The van der Waals surface area contributed by atoms with Crippen LogP contribution in [-0.2, 0) is 0 Å². The molecule has 0 bridgehead atoms. The molecule has 0 radical (unpaired) electrons. The lowest BCUT2D eigenvalue weighted by molar-refractivity contribution is 1.10. The van der Waals surface area contributed by atoms with Crippen molar-refractivity contribution >= 4 is 28.8 Å². The number of hydrogen-bond acceptors (Lipinski definition) is 3. The lowest BCUT2D eigenvalue weighted by Crippen LogP contribution is -2.13. The molecule has 0 saturated heterocycles.